The minimum Gasteiger partial charge on any atom is -0.548 e. The van der Waals surface area contributed by atoms with E-state index in [0.29, 0.717) is 6.42 Å². The van der Waals surface area contributed by atoms with Crippen molar-refractivity contribution in [2.24, 2.45) is 0 Å². The van der Waals surface area contributed by atoms with Crippen LogP contribution in [0.2, 0.25) is 0 Å². The third-order valence-electron chi connectivity index (χ3n) is 2.91. The normalized spacial score (nSPS) is 11.2. The second-order valence-electron chi connectivity index (χ2n) is 4.59. The number of nitrogens with one attached hydrogen (secondary N) is 1. The monoisotopic (exact) mass is 285 g/mol. The van der Waals surface area contributed by atoms with Crippen LogP contribution in [0, 0.1) is 0 Å². The topological polar surface area (TPSA) is 69.2 Å². The maximum Gasteiger partial charge on any atom is 1.00 e. The molecule has 0 aliphatic carbocycles. The van der Waals surface area contributed by atoms with Gasteiger partial charge in [-0.2, -0.15) is 0 Å². The number of amides is 1. The predicted octanol–water partition coefficient (Wildman–Crippen LogP) is -1.95. The number of rotatable bonds is 8. The fraction of sp³-hybridized carbons (Fsp3) is 0.467. The third-order valence-corrected chi connectivity index (χ3v) is 2.91. The van der Waals surface area contributed by atoms with Gasteiger partial charge in [0.25, 0.3) is 0 Å². The van der Waals surface area contributed by atoms with Crippen molar-refractivity contribution < 1.29 is 44.3 Å². The molecule has 20 heavy (non-hydrogen) atoms. The van der Waals surface area contributed by atoms with Gasteiger partial charge in [0.1, 0.15) is 0 Å². The van der Waals surface area contributed by atoms with E-state index in [2.05, 4.69) is 12.2 Å². The van der Waals surface area contributed by atoms with E-state index in [1.807, 2.05) is 30.3 Å². The zero-order chi connectivity index (χ0) is 14.1. The molecule has 1 aromatic carbocycles. The van der Waals surface area contributed by atoms with Crippen molar-refractivity contribution >= 4 is 11.9 Å². The van der Waals surface area contributed by atoms with Gasteiger partial charge in [-0.3, -0.25) is 4.79 Å². The van der Waals surface area contributed by atoms with Crippen LogP contribution in [0.15, 0.2) is 30.3 Å². The molecule has 0 aliphatic rings. The van der Waals surface area contributed by atoms with E-state index in [1.165, 1.54) is 0 Å². The van der Waals surface area contributed by atoms with Crippen molar-refractivity contribution in [2.75, 3.05) is 0 Å². The first-order valence-electron chi connectivity index (χ1n) is 6.67. The van der Waals surface area contributed by atoms with Crippen molar-refractivity contribution in [3.63, 3.8) is 0 Å². The summed E-state index contributed by atoms with van der Waals surface area (Å²) in [5.74, 6) is -1.47. The van der Waals surface area contributed by atoms with Crippen LogP contribution in [0.1, 0.15) is 38.2 Å². The van der Waals surface area contributed by atoms with Gasteiger partial charge < -0.3 is 15.2 Å². The van der Waals surface area contributed by atoms with E-state index in [1.54, 1.807) is 0 Å². The van der Waals surface area contributed by atoms with Crippen molar-refractivity contribution in [1.29, 1.82) is 0 Å². The molecule has 1 atom stereocenters. The Hall–Kier alpha value is -0.840. The average molecular weight is 285 g/mol. The van der Waals surface area contributed by atoms with Gasteiger partial charge in [-0.05, 0) is 18.4 Å². The number of unbranched alkanes of at least 4 members (excludes halogenated alkanes) is 2. The molecular formula is C15H20NNaO3. The number of aliphatic carboxylic acids is 1. The third kappa shape index (κ3) is 7.68. The number of carboxylic acids is 1. The van der Waals surface area contributed by atoms with Gasteiger partial charge in [0, 0.05) is 6.42 Å². The molecule has 0 saturated carbocycles. The van der Waals surface area contributed by atoms with Crippen molar-refractivity contribution in [3.8, 4) is 0 Å². The Labute approximate surface area is 142 Å². The first-order valence-corrected chi connectivity index (χ1v) is 6.67. The van der Waals surface area contributed by atoms with Gasteiger partial charge in [0.05, 0.1) is 12.0 Å². The fourth-order valence-electron chi connectivity index (χ4n) is 1.85. The molecule has 0 heterocycles. The molecule has 0 bridgehead atoms. The van der Waals surface area contributed by atoms with Crippen LogP contribution in [0.25, 0.3) is 0 Å². The smallest absolute Gasteiger partial charge is 0.548 e. The van der Waals surface area contributed by atoms with Gasteiger partial charge in [0.15, 0.2) is 0 Å². The van der Waals surface area contributed by atoms with Crippen LogP contribution in [0.4, 0.5) is 0 Å². The summed E-state index contributed by atoms with van der Waals surface area (Å²) in [6.07, 6.45) is 3.41. The van der Waals surface area contributed by atoms with E-state index in [-0.39, 0.29) is 41.9 Å². The molecule has 0 aliphatic heterocycles. The van der Waals surface area contributed by atoms with Crippen LogP contribution in [-0.2, 0) is 16.0 Å². The Bertz CT molecular complexity index is 409. The number of carboxylic acid groups (broad SMARTS) is 1. The number of benzene rings is 1. The second kappa shape index (κ2) is 10.9. The van der Waals surface area contributed by atoms with Gasteiger partial charge in [0.2, 0.25) is 5.91 Å². The fourth-order valence-corrected chi connectivity index (χ4v) is 1.85. The van der Waals surface area contributed by atoms with E-state index in [9.17, 15) is 14.7 Å². The number of carbonyl (C=O) groups is 2. The molecule has 1 rings (SSSR count). The SMILES string of the molecule is CCCCCC(=O)N[C@@H](Cc1ccccc1)C(=O)[O-].[Na+]. The summed E-state index contributed by atoms with van der Waals surface area (Å²) in [6.45, 7) is 2.05. The summed E-state index contributed by atoms with van der Waals surface area (Å²) in [5.41, 5.74) is 0.866. The molecule has 0 radical (unpaired) electrons. The molecule has 0 fully saturated rings. The molecule has 1 N–H and O–H groups in total. The minimum absolute atomic E-state index is 0. The Balaban J connectivity index is 0.00000361. The molecule has 1 amide bonds. The summed E-state index contributed by atoms with van der Waals surface area (Å²) in [4.78, 5) is 22.7. The molecular weight excluding hydrogens is 265 g/mol. The van der Waals surface area contributed by atoms with Gasteiger partial charge in [-0.15, -0.1) is 0 Å². The Morgan fingerprint density at radius 2 is 1.85 bits per heavy atom. The first kappa shape index (κ1) is 19.2. The van der Waals surface area contributed by atoms with E-state index in [0.717, 1.165) is 24.8 Å². The molecule has 1 aromatic rings. The van der Waals surface area contributed by atoms with Crippen LogP contribution in [0.5, 0.6) is 0 Å². The molecule has 0 unspecified atom stereocenters. The molecule has 5 heteroatoms. The van der Waals surface area contributed by atoms with Crippen molar-refractivity contribution in [3.05, 3.63) is 35.9 Å². The Kier molecular flexibility index (Phi) is 10.4. The summed E-state index contributed by atoms with van der Waals surface area (Å²) in [6, 6.07) is 8.24. The summed E-state index contributed by atoms with van der Waals surface area (Å²) >= 11 is 0. The van der Waals surface area contributed by atoms with Crippen molar-refractivity contribution in [2.45, 2.75) is 45.1 Å². The summed E-state index contributed by atoms with van der Waals surface area (Å²) in [7, 11) is 0. The Morgan fingerprint density at radius 1 is 1.20 bits per heavy atom. The van der Waals surface area contributed by atoms with Crippen LogP contribution < -0.4 is 40.0 Å². The summed E-state index contributed by atoms with van der Waals surface area (Å²) in [5, 5.41) is 13.6. The number of hydrogen-bond acceptors (Lipinski definition) is 3. The standard InChI is InChI=1S/C15H21NO3.Na/c1-2-3-5-10-14(17)16-13(15(18)19)11-12-8-6-4-7-9-12;/h4,6-9,13H,2-3,5,10-11H2,1H3,(H,16,17)(H,18,19);/q;+1/p-1/t13-;/m0./s1. The summed E-state index contributed by atoms with van der Waals surface area (Å²) < 4.78 is 0. The predicted molar refractivity (Wildman–Crippen MR) is 71.2 cm³/mol. The van der Waals surface area contributed by atoms with Crippen LogP contribution >= 0.6 is 0 Å². The minimum atomic E-state index is -1.24. The van der Waals surface area contributed by atoms with E-state index in [4.69, 9.17) is 0 Å². The molecule has 104 valence electrons. The van der Waals surface area contributed by atoms with Crippen molar-refractivity contribution in [1.82, 2.24) is 5.32 Å². The molecule has 0 spiro atoms. The van der Waals surface area contributed by atoms with E-state index < -0.39 is 12.0 Å². The maximum absolute atomic E-state index is 11.6. The van der Waals surface area contributed by atoms with Gasteiger partial charge in [-0.1, -0.05) is 50.1 Å². The van der Waals surface area contributed by atoms with E-state index >= 15 is 0 Å². The zero-order valence-corrected chi connectivity index (χ0v) is 14.2. The average Bonchev–Trinajstić information content (AvgIpc) is 2.39. The second-order valence-corrected chi connectivity index (χ2v) is 4.59. The first-order chi connectivity index (χ1) is 9.13. The van der Waals surface area contributed by atoms with Crippen LogP contribution in [-0.4, -0.2) is 17.9 Å². The zero-order valence-electron chi connectivity index (χ0n) is 12.2. The molecule has 4 nitrogen and oxygen atoms in total. The van der Waals surface area contributed by atoms with Gasteiger partial charge in [-0.25, -0.2) is 0 Å². The number of carbonyl (C=O) groups excluding carboxylic acids is 2. The quantitative estimate of drug-likeness (QED) is 0.446. The maximum atomic E-state index is 11.6. The van der Waals surface area contributed by atoms with Gasteiger partial charge >= 0.3 is 29.6 Å². The Morgan fingerprint density at radius 3 is 2.40 bits per heavy atom. The molecule has 0 saturated heterocycles. The molecule has 0 aromatic heterocycles. The largest absolute Gasteiger partial charge is 1.00 e. The number of hydrogen-bond donors (Lipinski definition) is 1. The van der Waals surface area contributed by atoms with Crippen LogP contribution in [0.3, 0.4) is 0 Å².